The predicted molar refractivity (Wildman–Crippen MR) is 85.8 cm³/mol. The Hall–Kier alpha value is -1.60. The van der Waals surface area contributed by atoms with Crippen molar-refractivity contribution in [2.75, 3.05) is 7.11 Å². The minimum Gasteiger partial charge on any atom is -0.493 e. The van der Waals surface area contributed by atoms with Gasteiger partial charge in [-0.2, -0.15) is 0 Å². The van der Waals surface area contributed by atoms with Gasteiger partial charge in [0.05, 0.1) is 16.5 Å². The summed E-state index contributed by atoms with van der Waals surface area (Å²) in [5, 5.41) is 10.9. The van der Waals surface area contributed by atoms with Gasteiger partial charge in [-0.15, -0.1) is 0 Å². The molecule has 0 heterocycles. The highest BCUT2D eigenvalue weighted by molar-refractivity contribution is 9.11. The van der Waals surface area contributed by atoms with E-state index in [4.69, 9.17) is 9.47 Å². The summed E-state index contributed by atoms with van der Waals surface area (Å²) in [6.45, 7) is 0.182. The SMILES string of the molecule is COc1cccc(Br)c1OCc1cccc([N+](=O)[O-])c1Br. The maximum atomic E-state index is 10.9. The number of hydrogen-bond acceptors (Lipinski definition) is 4. The van der Waals surface area contributed by atoms with Crippen molar-refractivity contribution >= 4 is 37.5 Å². The normalized spacial score (nSPS) is 10.2. The van der Waals surface area contributed by atoms with E-state index in [0.29, 0.717) is 21.5 Å². The van der Waals surface area contributed by atoms with E-state index >= 15 is 0 Å². The molecule has 0 aliphatic rings. The first-order valence-corrected chi connectivity index (χ1v) is 7.50. The number of ether oxygens (including phenoxy) is 2. The highest BCUT2D eigenvalue weighted by Crippen LogP contribution is 2.36. The van der Waals surface area contributed by atoms with Crippen LogP contribution in [0.25, 0.3) is 0 Å². The number of para-hydroxylation sites is 1. The van der Waals surface area contributed by atoms with Gasteiger partial charge in [0.2, 0.25) is 0 Å². The van der Waals surface area contributed by atoms with Crippen LogP contribution in [0.15, 0.2) is 45.3 Å². The van der Waals surface area contributed by atoms with E-state index < -0.39 is 4.92 Å². The van der Waals surface area contributed by atoms with Crippen LogP contribution < -0.4 is 9.47 Å². The van der Waals surface area contributed by atoms with Crippen LogP contribution in [0.3, 0.4) is 0 Å². The molecule has 0 N–H and O–H groups in total. The van der Waals surface area contributed by atoms with Crippen LogP contribution in [0.5, 0.6) is 11.5 Å². The summed E-state index contributed by atoms with van der Waals surface area (Å²) in [6.07, 6.45) is 0. The fourth-order valence-electron chi connectivity index (χ4n) is 1.76. The zero-order valence-corrected chi connectivity index (χ0v) is 14.2. The Bertz CT molecular complexity index is 676. The number of nitro benzene ring substituents is 1. The Kier molecular flexibility index (Phi) is 5.19. The highest BCUT2D eigenvalue weighted by atomic mass is 79.9. The molecule has 2 rings (SSSR count). The first-order chi connectivity index (χ1) is 10.0. The number of methoxy groups -OCH3 is 1. The zero-order valence-electron chi connectivity index (χ0n) is 11.0. The van der Waals surface area contributed by atoms with Gasteiger partial charge >= 0.3 is 0 Å². The van der Waals surface area contributed by atoms with Gasteiger partial charge < -0.3 is 9.47 Å². The molecule has 0 bridgehead atoms. The van der Waals surface area contributed by atoms with Gasteiger partial charge in [0, 0.05) is 11.6 Å². The summed E-state index contributed by atoms with van der Waals surface area (Å²) < 4.78 is 12.1. The van der Waals surface area contributed by atoms with Crippen molar-refractivity contribution in [3.05, 3.63) is 61.0 Å². The largest absolute Gasteiger partial charge is 0.493 e. The third-order valence-corrected chi connectivity index (χ3v) is 4.32. The van der Waals surface area contributed by atoms with Crippen LogP contribution in [-0.2, 0) is 6.61 Å². The van der Waals surface area contributed by atoms with Crippen LogP contribution in [0.4, 0.5) is 5.69 Å². The van der Waals surface area contributed by atoms with E-state index in [1.807, 2.05) is 12.1 Å². The third-order valence-electron chi connectivity index (χ3n) is 2.78. The van der Waals surface area contributed by atoms with Crippen molar-refractivity contribution in [3.8, 4) is 11.5 Å². The van der Waals surface area contributed by atoms with Crippen molar-refractivity contribution in [2.45, 2.75) is 6.61 Å². The number of hydrogen-bond donors (Lipinski definition) is 0. The molecule has 2 aromatic carbocycles. The average molecular weight is 417 g/mol. The van der Waals surface area contributed by atoms with E-state index in [0.717, 1.165) is 4.47 Å². The van der Waals surface area contributed by atoms with Crippen molar-refractivity contribution in [1.29, 1.82) is 0 Å². The van der Waals surface area contributed by atoms with Crippen molar-refractivity contribution in [3.63, 3.8) is 0 Å². The first kappa shape index (κ1) is 15.8. The molecule has 0 unspecified atom stereocenters. The van der Waals surface area contributed by atoms with Crippen molar-refractivity contribution in [2.24, 2.45) is 0 Å². The van der Waals surface area contributed by atoms with Crippen LogP contribution in [0, 0.1) is 10.1 Å². The monoisotopic (exact) mass is 415 g/mol. The molecule has 110 valence electrons. The predicted octanol–water partition coefficient (Wildman–Crippen LogP) is 4.71. The number of nitrogens with zero attached hydrogens (tertiary/aromatic N) is 1. The highest BCUT2D eigenvalue weighted by Gasteiger charge is 2.16. The van der Waals surface area contributed by atoms with Crippen LogP contribution >= 0.6 is 31.9 Å². The summed E-state index contributed by atoms with van der Waals surface area (Å²) in [7, 11) is 1.55. The van der Waals surface area contributed by atoms with Gasteiger partial charge in [-0.3, -0.25) is 10.1 Å². The number of halogens is 2. The summed E-state index contributed by atoms with van der Waals surface area (Å²) in [4.78, 5) is 10.5. The Morgan fingerprint density at radius 3 is 2.57 bits per heavy atom. The molecule has 0 atom stereocenters. The molecule has 0 aliphatic heterocycles. The topological polar surface area (TPSA) is 61.6 Å². The lowest BCUT2D eigenvalue weighted by atomic mass is 10.2. The zero-order chi connectivity index (χ0) is 15.4. The standard InChI is InChI=1S/C14H11Br2NO4/c1-20-12-7-3-5-10(15)14(12)21-8-9-4-2-6-11(13(9)16)17(18)19/h2-7H,8H2,1H3. The molecule has 2 aromatic rings. The molecule has 0 fully saturated rings. The average Bonchev–Trinajstić information content (AvgIpc) is 2.46. The van der Waals surface area contributed by atoms with E-state index in [1.54, 1.807) is 25.3 Å². The third kappa shape index (κ3) is 3.54. The number of benzene rings is 2. The van der Waals surface area contributed by atoms with E-state index in [9.17, 15) is 10.1 Å². The molecular weight excluding hydrogens is 406 g/mol. The molecule has 7 heteroatoms. The van der Waals surface area contributed by atoms with Gasteiger partial charge in [0.25, 0.3) is 5.69 Å². The Balaban J connectivity index is 2.25. The van der Waals surface area contributed by atoms with Crippen LogP contribution in [0.1, 0.15) is 5.56 Å². The fourth-order valence-corrected chi connectivity index (χ4v) is 2.74. The van der Waals surface area contributed by atoms with Crippen molar-refractivity contribution in [1.82, 2.24) is 0 Å². The van der Waals surface area contributed by atoms with Gasteiger partial charge in [-0.1, -0.05) is 18.2 Å². The molecule has 0 amide bonds. The Labute approximate surface area is 138 Å². The molecule has 0 saturated carbocycles. The lowest BCUT2D eigenvalue weighted by molar-refractivity contribution is -0.385. The van der Waals surface area contributed by atoms with E-state index in [2.05, 4.69) is 31.9 Å². The molecule has 0 aliphatic carbocycles. The Morgan fingerprint density at radius 1 is 1.19 bits per heavy atom. The molecular formula is C14H11Br2NO4. The minimum atomic E-state index is -0.438. The second kappa shape index (κ2) is 6.91. The van der Waals surface area contributed by atoms with Gasteiger partial charge in [0.15, 0.2) is 11.5 Å². The number of nitro groups is 1. The second-order valence-electron chi connectivity index (χ2n) is 4.07. The van der Waals surface area contributed by atoms with Crippen molar-refractivity contribution < 1.29 is 14.4 Å². The molecule has 0 radical (unpaired) electrons. The Morgan fingerprint density at radius 2 is 1.90 bits per heavy atom. The minimum absolute atomic E-state index is 0.00944. The lowest BCUT2D eigenvalue weighted by Crippen LogP contribution is -2.01. The summed E-state index contributed by atoms with van der Waals surface area (Å²) in [6, 6.07) is 10.3. The molecule has 0 saturated heterocycles. The lowest BCUT2D eigenvalue weighted by Gasteiger charge is -2.13. The van der Waals surface area contributed by atoms with E-state index in [1.165, 1.54) is 6.07 Å². The molecule has 5 nitrogen and oxygen atoms in total. The smallest absolute Gasteiger partial charge is 0.283 e. The fraction of sp³-hybridized carbons (Fsp3) is 0.143. The van der Waals surface area contributed by atoms with Gasteiger partial charge in [-0.25, -0.2) is 0 Å². The summed E-state index contributed by atoms with van der Waals surface area (Å²) in [5.74, 6) is 1.14. The molecule has 0 aromatic heterocycles. The quantitative estimate of drug-likeness (QED) is 0.523. The van der Waals surface area contributed by atoms with Gasteiger partial charge in [0.1, 0.15) is 11.1 Å². The molecule has 0 spiro atoms. The van der Waals surface area contributed by atoms with Crippen LogP contribution in [0.2, 0.25) is 0 Å². The number of rotatable bonds is 5. The molecule has 21 heavy (non-hydrogen) atoms. The summed E-state index contributed by atoms with van der Waals surface area (Å²) >= 11 is 6.64. The maximum absolute atomic E-state index is 10.9. The maximum Gasteiger partial charge on any atom is 0.283 e. The van der Waals surface area contributed by atoms with E-state index in [-0.39, 0.29) is 12.3 Å². The second-order valence-corrected chi connectivity index (χ2v) is 5.71. The summed E-state index contributed by atoms with van der Waals surface area (Å²) in [5.41, 5.74) is 0.692. The first-order valence-electron chi connectivity index (χ1n) is 5.91. The van der Waals surface area contributed by atoms with Gasteiger partial charge in [-0.05, 0) is 44.0 Å². The van der Waals surface area contributed by atoms with Crippen LogP contribution in [-0.4, -0.2) is 12.0 Å².